The average Bonchev–Trinajstić information content (AvgIpc) is 2.97. The summed E-state index contributed by atoms with van der Waals surface area (Å²) in [6.07, 6.45) is 0. The summed E-state index contributed by atoms with van der Waals surface area (Å²) in [7, 11) is 0. The van der Waals surface area contributed by atoms with Gasteiger partial charge in [0.25, 0.3) is 11.7 Å². The highest BCUT2D eigenvalue weighted by Gasteiger charge is 2.53. The van der Waals surface area contributed by atoms with E-state index in [1.165, 1.54) is 23.5 Å². The van der Waals surface area contributed by atoms with Crippen LogP contribution in [0.15, 0.2) is 16.4 Å². The van der Waals surface area contributed by atoms with Crippen molar-refractivity contribution in [3.63, 3.8) is 0 Å². The third-order valence-electron chi connectivity index (χ3n) is 3.13. The molecule has 2 aliphatic rings. The minimum Gasteiger partial charge on any atom is -0.477 e. The Bertz CT molecular complexity index is 658. The van der Waals surface area contributed by atoms with E-state index in [0.29, 0.717) is 16.5 Å². The van der Waals surface area contributed by atoms with Crippen LogP contribution in [0, 0.1) is 0 Å². The zero-order chi connectivity index (χ0) is 15.1. The first-order valence-electron chi connectivity index (χ1n) is 5.86. The van der Waals surface area contributed by atoms with Crippen molar-refractivity contribution >= 4 is 41.2 Å². The summed E-state index contributed by atoms with van der Waals surface area (Å²) in [4.78, 5) is 35.6. The average molecular weight is 327 g/mol. The number of Topliss-reactive ketones (excluding diaryl/α,β-unsaturated/α-hetero) is 1. The monoisotopic (exact) mass is 327 g/mol. The van der Waals surface area contributed by atoms with Gasteiger partial charge in [-0.05, 0) is 17.7 Å². The molecule has 1 fully saturated rings. The van der Waals surface area contributed by atoms with E-state index in [0.717, 1.165) is 4.90 Å². The lowest BCUT2D eigenvalue weighted by Crippen LogP contribution is -2.62. The van der Waals surface area contributed by atoms with E-state index in [1.54, 1.807) is 6.92 Å². The van der Waals surface area contributed by atoms with Crippen molar-refractivity contribution < 1.29 is 19.5 Å². The molecule has 9 nitrogen and oxygen atoms in total. The normalized spacial score (nSPS) is 22.9. The number of amides is 1. The molecule has 11 heteroatoms. The first-order valence-corrected chi connectivity index (χ1v) is 7.79. The zero-order valence-electron chi connectivity index (χ0n) is 10.6. The van der Waals surface area contributed by atoms with Gasteiger partial charge in [-0.25, -0.2) is 4.79 Å². The SMILES string of the molecule is CC(Sc1nn[nH]n1)C1=C(C(=O)O)N2C(=O)C(=O)[C@@H]2SC1. The second kappa shape index (κ2) is 5.15. The summed E-state index contributed by atoms with van der Waals surface area (Å²) in [5.74, 6) is -2.15. The molecule has 21 heavy (non-hydrogen) atoms. The predicted octanol–water partition coefficient (Wildman–Crippen LogP) is -0.497. The van der Waals surface area contributed by atoms with Crippen molar-refractivity contribution in [3.8, 4) is 0 Å². The van der Waals surface area contributed by atoms with Gasteiger partial charge < -0.3 is 5.11 Å². The summed E-state index contributed by atoms with van der Waals surface area (Å²) >= 11 is 2.49. The fraction of sp³-hybridized carbons (Fsp3) is 0.400. The largest absolute Gasteiger partial charge is 0.477 e. The van der Waals surface area contributed by atoms with Crippen molar-refractivity contribution in [3.05, 3.63) is 11.3 Å². The molecule has 1 amide bonds. The number of aromatic amines is 1. The van der Waals surface area contributed by atoms with Crippen LogP contribution in [0.25, 0.3) is 0 Å². The zero-order valence-corrected chi connectivity index (χ0v) is 12.3. The molecule has 0 spiro atoms. The number of H-pyrrole nitrogens is 1. The summed E-state index contributed by atoms with van der Waals surface area (Å²) in [6.45, 7) is 1.80. The van der Waals surface area contributed by atoms with Crippen LogP contribution in [-0.2, 0) is 14.4 Å². The molecular formula is C10H9N5O4S2. The Morgan fingerprint density at radius 3 is 2.95 bits per heavy atom. The molecule has 2 aliphatic heterocycles. The molecule has 1 aromatic heterocycles. The maximum Gasteiger partial charge on any atom is 0.352 e. The van der Waals surface area contributed by atoms with Crippen LogP contribution in [0.3, 0.4) is 0 Å². The van der Waals surface area contributed by atoms with E-state index >= 15 is 0 Å². The molecule has 2 N–H and O–H groups in total. The molecule has 0 aliphatic carbocycles. The molecule has 0 aromatic carbocycles. The Labute approximate surface area is 126 Å². The Morgan fingerprint density at radius 2 is 2.33 bits per heavy atom. The molecule has 0 saturated carbocycles. The number of β-lactam (4-membered cyclic amide) rings is 1. The molecular weight excluding hydrogens is 318 g/mol. The summed E-state index contributed by atoms with van der Waals surface area (Å²) < 4.78 is 0. The van der Waals surface area contributed by atoms with Gasteiger partial charge in [0.1, 0.15) is 5.70 Å². The number of carboxylic acids is 1. The standard InChI is InChI=1S/C10H9N5O4S2/c1-3(21-10-11-13-14-12-10)4-2-20-8-6(16)7(17)15(8)5(4)9(18)19/h3,8H,2H2,1H3,(H,18,19)(H,11,12,13,14)/t3?,8-/m0/s1. The Hall–Kier alpha value is -1.88. The van der Waals surface area contributed by atoms with E-state index < -0.39 is 23.0 Å². The number of fused-ring (bicyclic) bond motifs is 1. The molecule has 1 aromatic rings. The maximum absolute atomic E-state index is 11.6. The van der Waals surface area contributed by atoms with Crippen LogP contribution in [-0.4, -0.2) is 64.7 Å². The van der Waals surface area contributed by atoms with Gasteiger partial charge in [-0.15, -0.1) is 22.0 Å². The number of thioether (sulfide) groups is 2. The molecule has 2 atom stereocenters. The predicted molar refractivity (Wildman–Crippen MR) is 72.3 cm³/mol. The maximum atomic E-state index is 11.6. The number of nitrogens with one attached hydrogen (secondary N) is 1. The van der Waals surface area contributed by atoms with Gasteiger partial charge in [0, 0.05) is 11.0 Å². The Balaban J connectivity index is 1.92. The lowest BCUT2D eigenvalue weighted by molar-refractivity contribution is -0.156. The second-order valence-electron chi connectivity index (χ2n) is 4.34. The Kier molecular flexibility index (Phi) is 3.45. The number of hydrogen-bond donors (Lipinski definition) is 2. The third-order valence-corrected chi connectivity index (χ3v) is 5.37. The number of rotatable bonds is 4. The quantitative estimate of drug-likeness (QED) is 0.427. The topological polar surface area (TPSA) is 129 Å². The molecule has 0 bridgehead atoms. The second-order valence-corrected chi connectivity index (χ2v) is 6.71. The van der Waals surface area contributed by atoms with Crippen LogP contribution < -0.4 is 0 Å². The van der Waals surface area contributed by atoms with Gasteiger partial charge >= 0.3 is 5.97 Å². The lowest BCUT2D eigenvalue weighted by Gasteiger charge is -2.42. The molecule has 1 unspecified atom stereocenters. The molecule has 1 saturated heterocycles. The number of aliphatic carboxylic acids is 1. The third kappa shape index (κ3) is 2.21. The molecule has 110 valence electrons. The number of tetrazole rings is 1. The highest BCUT2D eigenvalue weighted by molar-refractivity contribution is 8.01. The van der Waals surface area contributed by atoms with Gasteiger partial charge in [0.15, 0.2) is 5.37 Å². The highest BCUT2D eigenvalue weighted by Crippen LogP contribution is 2.41. The van der Waals surface area contributed by atoms with Crippen molar-refractivity contribution in [1.29, 1.82) is 0 Å². The first-order chi connectivity index (χ1) is 10.0. The van der Waals surface area contributed by atoms with Crippen molar-refractivity contribution in [2.24, 2.45) is 0 Å². The highest BCUT2D eigenvalue weighted by atomic mass is 32.2. The van der Waals surface area contributed by atoms with Crippen LogP contribution in [0.4, 0.5) is 0 Å². The first kappa shape index (κ1) is 14.1. The van der Waals surface area contributed by atoms with E-state index in [2.05, 4.69) is 20.6 Å². The van der Waals surface area contributed by atoms with Crippen molar-refractivity contribution in [1.82, 2.24) is 25.5 Å². The van der Waals surface area contributed by atoms with Gasteiger partial charge in [-0.1, -0.05) is 11.8 Å². The number of carbonyl (C=O) groups excluding carboxylic acids is 2. The van der Waals surface area contributed by atoms with Crippen LogP contribution >= 0.6 is 23.5 Å². The minimum atomic E-state index is -1.21. The summed E-state index contributed by atoms with van der Waals surface area (Å²) in [5.41, 5.74) is 0.464. The number of carboxylic acid groups (broad SMARTS) is 1. The van der Waals surface area contributed by atoms with E-state index in [9.17, 15) is 19.5 Å². The van der Waals surface area contributed by atoms with Crippen molar-refractivity contribution in [2.75, 3.05) is 5.75 Å². The van der Waals surface area contributed by atoms with Crippen LogP contribution in [0.5, 0.6) is 0 Å². The van der Waals surface area contributed by atoms with Gasteiger partial charge in [-0.2, -0.15) is 5.21 Å². The molecule has 3 heterocycles. The fourth-order valence-electron chi connectivity index (χ4n) is 2.12. The smallest absolute Gasteiger partial charge is 0.352 e. The Morgan fingerprint density at radius 1 is 1.57 bits per heavy atom. The van der Waals surface area contributed by atoms with Gasteiger partial charge in [0.05, 0.1) is 0 Å². The van der Waals surface area contributed by atoms with Gasteiger partial charge in [-0.3, -0.25) is 14.5 Å². The number of hydrogen-bond acceptors (Lipinski definition) is 8. The summed E-state index contributed by atoms with van der Waals surface area (Å²) in [6, 6.07) is 0. The van der Waals surface area contributed by atoms with Crippen LogP contribution in [0.2, 0.25) is 0 Å². The summed E-state index contributed by atoms with van der Waals surface area (Å²) in [5, 5.41) is 22.2. The van der Waals surface area contributed by atoms with E-state index in [4.69, 9.17) is 0 Å². The van der Waals surface area contributed by atoms with E-state index in [1.807, 2.05) is 0 Å². The van der Waals surface area contributed by atoms with Crippen molar-refractivity contribution in [2.45, 2.75) is 22.7 Å². The molecule has 0 radical (unpaired) electrons. The number of aromatic nitrogens is 4. The number of carbonyl (C=O) groups is 3. The van der Waals surface area contributed by atoms with Crippen LogP contribution in [0.1, 0.15) is 6.92 Å². The fourth-order valence-corrected chi connectivity index (χ4v) is 4.39. The number of ketones is 1. The molecule has 3 rings (SSSR count). The van der Waals surface area contributed by atoms with E-state index in [-0.39, 0.29) is 10.9 Å². The van der Waals surface area contributed by atoms with Gasteiger partial charge in [0.2, 0.25) is 5.16 Å². The lowest BCUT2D eigenvalue weighted by atomic mass is 10.1. The number of nitrogens with zero attached hydrogens (tertiary/aromatic N) is 4. The minimum absolute atomic E-state index is 0.105.